The topological polar surface area (TPSA) is 110 Å². The minimum Gasteiger partial charge on any atom is -0.748 e. The van der Waals surface area contributed by atoms with Crippen LogP contribution in [-0.2, 0) is 19.6 Å². The van der Waals surface area contributed by atoms with E-state index >= 15 is 0 Å². The van der Waals surface area contributed by atoms with Crippen molar-refractivity contribution >= 4 is 22.1 Å². The van der Waals surface area contributed by atoms with Gasteiger partial charge in [-0.25, -0.2) is 18.0 Å². The van der Waals surface area contributed by atoms with Gasteiger partial charge in [0.25, 0.3) is 0 Å². The summed E-state index contributed by atoms with van der Waals surface area (Å²) >= 11 is 0. The Morgan fingerprint density at radius 3 is 1.65 bits per heavy atom. The number of rotatable bonds is 18. The smallest absolute Gasteiger partial charge is 0.748 e. The Labute approximate surface area is 227 Å². The van der Waals surface area contributed by atoms with E-state index in [2.05, 4.69) is 6.92 Å². The number of unbranched alkanes of at least 4 members (excludes halogenated alkanes) is 11. The predicted octanol–water partition coefficient (Wildman–Crippen LogP) is 2.64. The third kappa shape index (κ3) is 14.5. The predicted molar refractivity (Wildman–Crippen MR) is 127 cm³/mol. The van der Waals surface area contributed by atoms with Gasteiger partial charge in [-0.05, 0) is 25.5 Å². The first-order valence-corrected chi connectivity index (χ1v) is 13.6. The van der Waals surface area contributed by atoms with E-state index in [-0.39, 0.29) is 47.3 Å². The Bertz CT molecular complexity index is 811. The van der Waals surface area contributed by atoms with Gasteiger partial charge < -0.3 is 14.0 Å². The van der Waals surface area contributed by atoms with Gasteiger partial charge in [-0.1, -0.05) is 89.7 Å². The van der Waals surface area contributed by atoms with Crippen LogP contribution in [0.4, 0.5) is 0 Å². The Hall–Kier alpha value is -0.930. The maximum Gasteiger partial charge on any atom is 1.00 e. The van der Waals surface area contributed by atoms with Gasteiger partial charge in [-0.2, -0.15) is 0 Å². The molecule has 0 heterocycles. The monoisotopic (exact) mass is 506 g/mol. The molecule has 0 saturated heterocycles. The summed E-state index contributed by atoms with van der Waals surface area (Å²) in [5.74, 6) is -1.50. The Morgan fingerprint density at radius 1 is 0.794 bits per heavy atom. The molecule has 0 fully saturated rings. The van der Waals surface area contributed by atoms with E-state index < -0.39 is 33.9 Å². The van der Waals surface area contributed by atoms with Crippen molar-refractivity contribution in [3.63, 3.8) is 0 Å². The zero-order valence-electron chi connectivity index (χ0n) is 21.1. The summed E-state index contributed by atoms with van der Waals surface area (Å²) in [4.78, 5) is 24.7. The van der Waals surface area contributed by atoms with Crippen LogP contribution in [0.5, 0.6) is 0 Å². The van der Waals surface area contributed by atoms with Crippen LogP contribution in [-0.4, -0.2) is 43.4 Å². The van der Waals surface area contributed by atoms with E-state index in [9.17, 15) is 22.6 Å². The summed E-state index contributed by atoms with van der Waals surface area (Å²) in [6, 6.07) is 6.02. The molecule has 0 radical (unpaired) electrons. The molecule has 0 amide bonds. The SMILES string of the molecule is CCCCCCCCCCCCCCOC(=O)c1ccccc1C(=O)OCC(C)S(=O)(=O)[O-].[Na+]. The average molecular weight is 507 g/mol. The summed E-state index contributed by atoms with van der Waals surface area (Å²) in [5, 5.41) is -1.37. The van der Waals surface area contributed by atoms with Crippen LogP contribution < -0.4 is 29.6 Å². The summed E-state index contributed by atoms with van der Waals surface area (Å²) in [5.41, 5.74) is 0.0340. The molecule has 0 aliphatic carbocycles. The van der Waals surface area contributed by atoms with Crippen molar-refractivity contribution in [2.24, 2.45) is 0 Å². The molecular formula is C25H39NaO7S. The first-order valence-electron chi connectivity index (χ1n) is 12.1. The van der Waals surface area contributed by atoms with Gasteiger partial charge in [0.1, 0.15) is 16.7 Å². The normalized spacial score (nSPS) is 12.0. The molecule has 34 heavy (non-hydrogen) atoms. The molecule has 1 aromatic rings. The van der Waals surface area contributed by atoms with Crippen molar-refractivity contribution in [1.29, 1.82) is 0 Å². The molecule has 0 aliphatic rings. The third-order valence-electron chi connectivity index (χ3n) is 5.54. The number of hydrogen-bond donors (Lipinski definition) is 0. The molecular weight excluding hydrogens is 467 g/mol. The second-order valence-electron chi connectivity index (χ2n) is 8.47. The van der Waals surface area contributed by atoms with Gasteiger partial charge in [-0.15, -0.1) is 0 Å². The average Bonchev–Trinajstić information content (AvgIpc) is 2.79. The minimum absolute atomic E-state index is 0. The maximum absolute atomic E-state index is 12.4. The number of ether oxygens (including phenoxy) is 2. The zero-order valence-corrected chi connectivity index (χ0v) is 23.9. The Morgan fingerprint density at radius 2 is 1.21 bits per heavy atom. The molecule has 1 unspecified atom stereocenters. The fraction of sp³-hybridized carbons (Fsp3) is 0.680. The third-order valence-corrected chi connectivity index (χ3v) is 6.66. The van der Waals surface area contributed by atoms with Crippen LogP contribution in [0.1, 0.15) is 112 Å². The van der Waals surface area contributed by atoms with Crippen molar-refractivity contribution < 1.29 is 61.6 Å². The number of carbonyl (C=O) groups excluding carboxylic acids is 2. The van der Waals surface area contributed by atoms with E-state index in [1.807, 2.05) is 0 Å². The molecule has 1 atom stereocenters. The Balaban J connectivity index is 0.0000109. The first-order chi connectivity index (χ1) is 15.8. The first kappa shape index (κ1) is 33.1. The van der Waals surface area contributed by atoms with E-state index in [1.54, 1.807) is 12.1 Å². The van der Waals surface area contributed by atoms with E-state index in [4.69, 9.17) is 9.47 Å². The Kier molecular flexibility index (Phi) is 18.8. The number of carbonyl (C=O) groups is 2. The van der Waals surface area contributed by atoms with Gasteiger partial charge in [0.05, 0.1) is 23.0 Å². The van der Waals surface area contributed by atoms with E-state index in [1.165, 1.54) is 69.9 Å². The van der Waals surface area contributed by atoms with Crippen LogP contribution in [0.25, 0.3) is 0 Å². The quantitative estimate of drug-likeness (QED) is 0.130. The number of hydrogen-bond acceptors (Lipinski definition) is 7. The fourth-order valence-electron chi connectivity index (χ4n) is 3.38. The van der Waals surface area contributed by atoms with Gasteiger partial charge in [-0.3, -0.25) is 0 Å². The molecule has 188 valence electrons. The fourth-order valence-corrected chi connectivity index (χ4v) is 3.61. The summed E-state index contributed by atoms with van der Waals surface area (Å²) in [6.45, 7) is 3.08. The number of esters is 2. The van der Waals surface area contributed by atoms with Crippen molar-refractivity contribution in [2.75, 3.05) is 13.2 Å². The van der Waals surface area contributed by atoms with Crippen LogP contribution in [0.3, 0.4) is 0 Å². The summed E-state index contributed by atoms with van der Waals surface area (Å²) < 4.78 is 43.0. The number of benzene rings is 1. The van der Waals surface area contributed by atoms with Crippen molar-refractivity contribution in [1.82, 2.24) is 0 Å². The summed E-state index contributed by atoms with van der Waals surface area (Å²) in [7, 11) is -4.56. The maximum atomic E-state index is 12.4. The minimum atomic E-state index is -4.56. The molecule has 1 rings (SSSR count). The van der Waals surface area contributed by atoms with Gasteiger partial charge in [0.15, 0.2) is 0 Å². The van der Waals surface area contributed by atoms with Crippen molar-refractivity contribution in [3.05, 3.63) is 35.4 Å². The van der Waals surface area contributed by atoms with Crippen LogP contribution >= 0.6 is 0 Å². The molecule has 1 aromatic carbocycles. The van der Waals surface area contributed by atoms with Crippen molar-refractivity contribution in [2.45, 2.75) is 96.1 Å². The van der Waals surface area contributed by atoms with Gasteiger partial charge in [0, 0.05) is 0 Å². The molecule has 0 N–H and O–H groups in total. The van der Waals surface area contributed by atoms with Crippen molar-refractivity contribution in [3.8, 4) is 0 Å². The molecule has 0 aromatic heterocycles. The summed E-state index contributed by atoms with van der Waals surface area (Å²) in [6.07, 6.45) is 14.5. The molecule has 0 spiro atoms. The molecule has 0 bridgehead atoms. The van der Waals surface area contributed by atoms with Crippen LogP contribution in [0, 0.1) is 0 Å². The van der Waals surface area contributed by atoms with E-state index in [0.717, 1.165) is 26.2 Å². The second kappa shape index (κ2) is 19.3. The second-order valence-corrected chi connectivity index (χ2v) is 10.3. The molecule has 9 heteroatoms. The molecule has 7 nitrogen and oxygen atoms in total. The molecule has 0 aliphatic heterocycles. The van der Waals surface area contributed by atoms with Gasteiger partial charge in [0.2, 0.25) is 0 Å². The van der Waals surface area contributed by atoms with Crippen LogP contribution in [0.2, 0.25) is 0 Å². The van der Waals surface area contributed by atoms with Crippen LogP contribution in [0.15, 0.2) is 24.3 Å². The largest absolute Gasteiger partial charge is 1.00 e. The zero-order chi connectivity index (χ0) is 24.5. The standard InChI is InChI=1S/C25H40O7S.Na/c1-3-4-5-6-7-8-9-10-11-12-13-16-19-31-24(26)22-17-14-15-18-23(22)25(27)32-20-21(2)33(28,29)30;/h14-15,17-18,21H,3-13,16,19-20H2,1-2H3,(H,28,29,30);/q;+1/p-1. The van der Waals surface area contributed by atoms with Gasteiger partial charge >= 0.3 is 41.5 Å². The van der Waals surface area contributed by atoms with E-state index in [0.29, 0.717) is 0 Å². The molecule has 0 saturated carbocycles.